The highest BCUT2D eigenvalue weighted by atomic mass is 35.5. The molecule has 0 N–H and O–H groups in total. The molecule has 18 heavy (non-hydrogen) atoms. The first-order valence-electron chi connectivity index (χ1n) is 5.82. The molecule has 1 aromatic heterocycles. The highest BCUT2D eigenvalue weighted by Crippen LogP contribution is 2.24. The van der Waals surface area contributed by atoms with E-state index in [0.29, 0.717) is 18.1 Å². The quantitative estimate of drug-likeness (QED) is 0.780. The van der Waals surface area contributed by atoms with Gasteiger partial charge in [-0.3, -0.25) is 4.79 Å². The molecule has 1 aliphatic heterocycles. The topological polar surface area (TPSA) is 36.4 Å². The fourth-order valence-electron chi connectivity index (χ4n) is 2.01. The van der Waals surface area contributed by atoms with Gasteiger partial charge in [0, 0.05) is 32.4 Å². The van der Waals surface area contributed by atoms with Gasteiger partial charge < -0.3 is 9.80 Å². The number of hydrogen-bond donors (Lipinski definition) is 0. The Balaban J connectivity index is 2.03. The fraction of sp³-hybridized carbons (Fsp3) is 0.500. The maximum atomic E-state index is 11.5. The van der Waals surface area contributed by atoms with Crippen molar-refractivity contribution in [1.82, 2.24) is 9.88 Å². The number of pyridine rings is 1. The summed E-state index contributed by atoms with van der Waals surface area (Å²) in [5.41, 5.74) is 1.04. The first kappa shape index (κ1) is 13.4. The average molecular weight is 288 g/mol. The number of carbonyl (C=O) groups is 1. The second-order valence-electron chi connectivity index (χ2n) is 4.32. The Morgan fingerprint density at radius 3 is 2.61 bits per heavy atom. The molecule has 2 rings (SSSR count). The van der Waals surface area contributed by atoms with Crippen molar-refractivity contribution in [3.8, 4) is 0 Å². The number of hydrogen-bond acceptors (Lipinski definition) is 3. The van der Waals surface area contributed by atoms with Gasteiger partial charge in [0.1, 0.15) is 11.7 Å². The second kappa shape index (κ2) is 5.76. The molecule has 0 unspecified atom stereocenters. The molecule has 6 heteroatoms. The zero-order valence-corrected chi connectivity index (χ0v) is 11.7. The summed E-state index contributed by atoms with van der Waals surface area (Å²) in [6.45, 7) is 4.76. The van der Waals surface area contributed by atoms with Gasteiger partial charge in [0.25, 0.3) is 0 Å². The second-order valence-corrected chi connectivity index (χ2v) is 4.99. The van der Waals surface area contributed by atoms with Crippen LogP contribution in [0.5, 0.6) is 0 Å². The lowest BCUT2D eigenvalue weighted by Crippen LogP contribution is -2.49. The molecule has 4 nitrogen and oxygen atoms in total. The van der Waals surface area contributed by atoms with Crippen LogP contribution in [0.2, 0.25) is 5.02 Å². The molecule has 0 aliphatic carbocycles. The van der Waals surface area contributed by atoms with Crippen LogP contribution >= 0.6 is 23.2 Å². The van der Waals surface area contributed by atoms with Gasteiger partial charge in [-0.2, -0.15) is 0 Å². The van der Waals surface area contributed by atoms with Crippen molar-refractivity contribution in [3.63, 3.8) is 0 Å². The Morgan fingerprint density at radius 2 is 2.06 bits per heavy atom. The highest BCUT2D eigenvalue weighted by molar-refractivity contribution is 6.33. The molecule has 1 amide bonds. The third-order valence-electron chi connectivity index (χ3n) is 3.00. The van der Waals surface area contributed by atoms with Crippen LogP contribution in [0, 0.1) is 6.92 Å². The van der Waals surface area contributed by atoms with E-state index < -0.39 is 0 Å². The summed E-state index contributed by atoms with van der Waals surface area (Å²) in [4.78, 5) is 19.7. The van der Waals surface area contributed by atoms with E-state index in [2.05, 4.69) is 9.88 Å². The summed E-state index contributed by atoms with van der Waals surface area (Å²) in [6.07, 6.45) is 1.80. The van der Waals surface area contributed by atoms with Crippen LogP contribution < -0.4 is 4.90 Å². The maximum Gasteiger partial charge on any atom is 0.237 e. The monoisotopic (exact) mass is 287 g/mol. The molecule has 2 heterocycles. The molecule has 0 bridgehead atoms. The van der Waals surface area contributed by atoms with Gasteiger partial charge in [-0.15, -0.1) is 11.6 Å². The first-order valence-corrected chi connectivity index (χ1v) is 6.74. The van der Waals surface area contributed by atoms with Crippen LogP contribution in [-0.4, -0.2) is 47.9 Å². The van der Waals surface area contributed by atoms with Gasteiger partial charge >= 0.3 is 0 Å². The van der Waals surface area contributed by atoms with Crippen LogP contribution in [0.25, 0.3) is 0 Å². The molecule has 98 valence electrons. The lowest BCUT2D eigenvalue weighted by atomic mass is 10.2. The molecule has 1 saturated heterocycles. The Bertz CT molecular complexity index is 445. The standard InChI is InChI=1S/C12H15Cl2N3O/c1-9-6-10(14)12(15-8-9)17-4-2-16(3-5-17)11(18)7-13/h6,8H,2-5,7H2,1H3. The number of amides is 1. The van der Waals surface area contributed by atoms with Crippen LogP contribution in [0.4, 0.5) is 5.82 Å². The van der Waals surface area contributed by atoms with Crippen LogP contribution in [-0.2, 0) is 4.79 Å². The molecule has 1 aromatic rings. The summed E-state index contributed by atoms with van der Waals surface area (Å²) in [5.74, 6) is 0.823. The molecule has 0 aromatic carbocycles. The summed E-state index contributed by atoms with van der Waals surface area (Å²) < 4.78 is 0. The lowest BCUT2D eigenvalue weighted by Gasteiger charge is -2.35. The van der Waals surface area contributed by atoms with Crippen LogP contribution in [0.15, 0.2) is 12.3 Å². The smallest absolute Gasteiger partial charge is 0.237 e. The van der Waals surface area contributed by atoms with Crippen molar-refractivity contribution in [3.05, 3.63) is 22.8 Å². The normalized spacial score (nSPS) is 15.9. The van der Waals surface area contributed by atoms with E-state index in [1.54, 1.807) is 11.1 Å². The van der Waals surface area contributed by atoms with E-state index in [1.807, 2.05) is 13.0 Å². The molecular weight excluding hydrogens is 273 g/mol. The number of rotatable bonds is 2. The van der Waals surface area contributed by atoms with Crippen molar-refractivity contribution in [2.45, 2.75) is 6.92 Å². The van der Waals surface area contributed by atoms with Gasteiger partial charge in [0.15, 0.2) is 0 Å². The molecular formula is C12H15Cl2N3O. The fourth-order valence-corrected chi connectivity index (χ4v) is 2.52. The lowest BCUT2D eigenvalue weighted by molar-refractivity contribution is -0.128. The van der Waals surface area contributed by atoms with Gasteiger partial charge in [0.05, 0.1) is 5.02 Å². The predicted molar refractivity (Wildman–Crippen MR) is 73.5 cm³/mol. The summed E-state index contributed by atoms with van der Waals surface area (Å²) in [5, 5.41) is 0.659. The third-order valence-corrected chi connectivity index (χ3v) is 3.51. The minimum atomic E-state index is -0.0146. The number of aromatic nitrogens is 1. The zero-order valence-electron chi connectivity index (χ0n) is 10.2. The molecule has 0 spiro atoms. The summed E-state index contributed by atoms with van der Waals surface area (Å²) in [7, 11) is 0. The van der Waals surface area contributed by atoms with Crippen LogP contribution in [0.1, 0.15) is 5.56 Å². The number of anilines is 1. The van der Waals surface area contributed by atoms with E-state index in [1.165, 1.54) is 0 Å². The van der Waals surface area contributed by atoms with Crippen molar-refractivity contribution < 1.29 is 4.79 Å². The average Bonchev–Trinajstić information content (AvgIpc) is 2.38. The molecule has 1 fully saturated rings. The number of piperazine rings is 1. The summed E-state index contributed by atoms with van der Waals surface area (Å²) in [6, 6.07) is 1.90. The van der Waals surface area contributed by atoms with Gasteiger partial charge in [-0.1, -0.05) is 11.6 Å². The van der Waals surface area contributed by atoms with E-state index in [-0.39, 0.29) is 11.8 Å². The van der Waals surface area contributed by atoms with Gasteiger partial charge in [-0.25, -0.2) is 4.98 Å². The first-order chi connectivity index (χ1) is 8.61. The minimum Gasteiger partial charge on any atom is -0.352 e. The number of halogens is 2. The third kappa shape index (κ3) is 2.87. The molecule has 0 atom stereocenters. The Hall–Kier alpha value is -1.00. The maximum absolute atomic E-state index is 11.5. The van der Waals surface area contributed by atoms with Crippen molar-refractivity contribution in [2.75, 3.05) is 37.0 Å². The van der Waals surface area contributed by atoms with Gasteiger partial charge in [-0.05, 0) is 18.6 Å². The van der Waals surface area contributed by atoms with Crippen molar-refractivity contribution >= 4 is 34.9 Å². The summed E-state index contributed by atoms with van der Waals surface area (Å²) >= 11 is 11.7. The van der Waals surface area contributed by atoms with Crippen molar-refractivity contribution in [1.29, 1.82) is 0 Å². The number of alkyl halides is 1. The molecule has 0 radical (unpaired) electrons. The number of aryl methyl sites for hydroxylation is 1. The van der Waals surface area contributed by atoms with Gasteiger partial charge in [0.2, 0.25) is 5.91 Å². The predicted octanol–water partition coefficient (Wildman–Crippen LogP) is 1.93. The number of carbonyl (C=O) groups excluding carboxylic acids is 1. The Kier molecular flexibility index (Phi) is 4.30. The van der Waals surface area contributed by atoms with E-state index in [9.17, 15) is 4.79 Å². The highest BCUT2D eigenvalue weighted by Gasteiger charge is 2.22. The van der Waals surface area contributed by atoms with Crippen molar-refractivity contribution in [2.24, 2.45) is 0 Å². The van der Waals surface area contributed by atoms with Crippen LogP contribution in [0.3, 0.4) is 0 Å². The van der Waals surface area contributed by atoms with E-state index in [0.717, 1.165) is 24.5 Å². The minimum absolute atomic E-state index is 0.0146. The van der Waals surface area contributed by atoms with E-state index in [4.69, 9.17) is 23.2 Å². The number of nitrogens with zero attached hydrogens (tertiary/aromatic N) is 3. The Labute approximate surface area is 116 Å². The SMILES string of the molecule is Cc1cnc(N2CCN(C(=O)CCl)CC2)c(Cl)c1. The Morgan fingerprint density at radius 1 is 1.39 bits per heavy atom. The van der Waals surface area contributed by atoms with E-state index >= 15 is 0 Å². The molecule has 0 saturated carbocycles. The zero-order chi connectivity index (χ0) is 13.1. The largest absolute Gasteiger partial charge is 0.352 e. The molecule has 1 aliphatic rings.